The van der Waals surface area contributed by atoms with E-state index in [2.05, 4.69) is 15.0 Å². The van der Waals surface area contributed by atoms with Gasteiger partial charge in [-0.05, 0) is 38.7 Å². The van der Waals surface area contributed by atoms with Gasteiger partial charge in [0.15, 0.2) is 0 Å². The van der Waals surface area contributed by atoms with Crippen molar-refractivity contribution in [2.75, 3.05) is 13.1 Å². The molecule has 0 spiro atoms. The summed E-state index contributed by atoms with van der Waals surface area (Å²) in [5, 5.41) is 5.92. The Labute approximate surface area is 167 Å². The van der Waals surface area contributed by atoms with Crippen molar-refractivity contribution in [1.82, 2.24) is 15.5 Å². The fraction of sp³-hybridized carbons (Fsp3) is 0.500. The molecule has 0 unspecified atom stereocenters. The zero-order valence-electron chi connectivity index (χ0n) is 16.6. The molecule has 2 aliphatic heterocycles. The molecule has 0 aromatic heterocycles. The van der Waals surface area contributed by atoms with Crippen molar-refractivity contribution in [2.24, 2.45) is 4.40 Å². The first-order valence-corrected chi connectivity index (χ1v) is 11.2. The van der Waals surface area contributed by atoms with Crippen LogP contribution in [0.4, 0.5) is 4.79 Å². The molecule has 8 heteroatoms. The molecule has 2 aliphatic rings. The van der Waals surface area contributed by atoms with E-state index in [4.69, 9.17) is 0 Å². The molecule has 0 radical (unpaired) electrons. The summed E-state index contributed by atoms with van der Waals surface area (Å²) in [4.78, 5) is 14.3. The highest BCUT2D eigenvalue weighted by Gasteiger charge is 2.34. The largest absolute Gasteiger partial charge is 0.356 e. The van der Waals surface area contributed by atoms with Crippen LogP contribution in [-0.2, 0) is 10.0 Å². The Balaban J connectivity index is 1.66. The van der Waals surface area contributed by atoms with Crippen LogP contribution in [0.5, 0.6) is 0 Å². The quantitative estimate of drug-likeness (QED) is 0.807. The molecule has 2 N–H and O–H groups in total. The molecule has 0 bridgehead atoms. The predicted molar refractivity (Wildman–Crippen MR) is 111 cm³/mol. The van der Waals surface area contributed by atoms with Crippen molar-refractivity contribution in [1.29, 1.82) is 0 Å². The zero-order valence-corrected chi connectivity index (χ0v) is 17.4. The summed E-state index contributed by atoms with van der Waals surface area (Å²) >= 11 is 0. The lowest BCUT2D eigenvalue weighted by Gasteiger charge is -2.34. The molecule has 0 saturated carbocycles. The number of likely N-dealkylation sites (tertiary alicyclic amines) is 1. The SMILES string of the molecule is CC[C@@H](C)NC(=O)NC1CCN(C2=NS(=O)(=O)C(c3ccccc3)=C2C)CC1. The van der Waals surface area contributed by atoms with Gasteiger partial charge in [-0.25, -0.2) is 4.79 Å². The number of hydrogen-bond acceptors (Lipinski definition) is 4. The van der Waals surface area contributed by atoms with Gasteiger partial charge in [0.05, 0.1) is 0 Å². The third-order valence-corrected chi connectivity index (χ3v) is 6.77. The van der Waals surface area contributed by atoms with Gasteiger partial charge in [0.25, 0.3) is 10.0 Å². The Bertz CT molecular complexity index is 885. The van der Waals surface area contributed by atoms with Crippen molar-refractivity contribution in [3.05, 3.63) is 41.5 Å². The molecular formula is C20H28N4O3S. The van der Waals surface area contributed by atoms with E-state index in [0.29, 0.717) is 30.1 Å². The molecule has 1 aromatic rings. The van der Waals surface area contributed by atoms with Crippen LogP contribution in [0, 0.1) is 0 Å². The summed E-state index contributed by atoms with van der Waals surface area (Å²) in [6.45, 7) is 7.12. The van der Waals surface area contributed by atoms with Gasteiger partial charge in [-0.3, -0.25) is 0 Å². The number of amides is 2. The van der Waals surface area contributed by atoms with Gasteiger partial charge >= 0.3 is 6.03 Å². The van der Waals surface area contributed by atoms with Crippen LogP contribution in [0.3, 0.4) is 0 Å². The third-order valence-electron chi connectivity index (χ3n) is 5.30. The van der Waals surface area contributed by atoms with Crippen LogP contribution in [0.1, 0.15) is 45.6 Å². The lowest BCUT2D eigenvalue weighted by molar-refractivity contribution is 0.223. The van der Waals surface area contributed by atoms with Gasteiger partial charge in [0, 0.05) is 30.7 Å². The van der Waals surface area contributed by atoms with E-state index >= 15 is 0 Å². The standard InChI is InChI=1S/C20H28N4O3S/c1-4-14(2)21-20(25)22-17-10-12-24(13-11-17)19-15(3)18(28(26,27)23-19)16-8-6-5-7-9-16/h5-9,14,17H,4,10-13H2,1-3H3,(H2,21,22,25)/t14-/m1/s1. The van der Waals surface area contributed by atoms with E-state index in [0.717, 1.165) is 19.3 Å². The Hall–Kier alpha value is -2.35. The third kappa shape index (κ3) is 4.38. The summed E-state index contributed by atoms with van der Waals surface area (Å²) in [6.07, 6.45) is 2.39. The zero-order chi connectivity index (χ0) is 20.3. The summed E-state index contributed by atoms with van der Waals surface area (Å²) < 4.78 is 29.3. The maximum Gasteiger partial charge on any atom is 0.315 e. The Morgan fingerprint density at radius 1 is 1.25 bits per heavy atom. The molecule has 2 heterocycles. The molecule has 2 amide bonds. The average molecular weight is 405 g/mol. The van der Waals surface area contributed by atoms with Gasteiger partial charge < -0.3 is 15.5 Å². The number of hydrogen-bond donors (Lipinski definition) is 2. The fourth-order valence-electron chi connectivity index (χ4n) is 3.56. The van der Waals surface area contributed by atoms with E-state index in [9.17, 15) is 13.2 Å². The highest BCUT2D eigenvalue weighted by molar-refractivity contribution is 8.00. The highest BCUT2D eigenvalue weighted by Crippen LogP contribution is 2.34. The maximum atomic E-state index is 12.6. The first kappa shape index (κ1) is 20.4. The van der Waals surface area contributed by atoms with Gasteiger partial charge in [-0.1, -0.05) is 37.3 Å². The van der Waals surface area contributed by atoms with Gasteiger partial charge in [0.2, 0.25) is 0 Å². The van der Waals surface area contributed by atoms with Crippen molar-refractivity contribution >= 4 is 26.8 Å². The van der Waals surface area contributed by atoms with Crippen molar-refractivity contribution in [3.8, 4) is 0 Å². The van der Waals surface area contributed by atoms with Crippen molar-refractivity contribution in [3.63, 3.8) is 0 Å². The maximum absolute atomic E-state index is 12.6. The molecule has 28 heavy (non-hydrogen) atoms. The van der Waals surface area contributed by atoms with Gasteiger partial charge in [0.1, 0.15) is 10.7 Å². The van der Waals surface area contributed by atoms with Gasteiger partial charge in [-0.2, -0.15) is 8.42 Å². The minimum Gasteiger partial charge on any atom is -0.356 e. The lowest BCUT2D eigenvalue weighted by atomic mass is 10.0. The van der Waals surface area contributed by atoms with Crippen molar-refractivity contribution in [2.45, 2.75) is 52.1 Å². The molecule has 1 saturated heterocycles. The Kier molecular flexibility index (Phi) is 6.07. The number of carbonyl (C=O) groups is 1. The molecule has 1 atom stereocenters. The summed E-state index contributed by atoms with van der Waals surface area (Å²) in [5.41, 5.74) is 1.35. The number of urea groups is 1. The lowest BCUT2D eigenvalue weighted by Crippen LogP contribution is -2.50. The second-order valence-electron chi connectivity index (χ2n) is 7.40. The molecular weight excluding hydrogens is 376 g/mol. The molecule has 7 nitrogen and oxygen atoms in total. The second-order valence-corrected chi connectivity index (χ2v) is 8.94. The first-order chi connectivity index (χ1) is 13.3. The number of rotatable bonds is 4. The minimum atomic E-state index is -3.69. The molecule has 152 valence electrons. The molecule has 0 aliphatic carbocycles. The molecule has 3 rings (SSSR count). The summed E-state index contributed by atoms with van der Waals surface area (Å²) in [5.74, 6) is 0.529. The molecule has 1 aromatic carbocycles. The number of carbonyl (C=O) groups excluding carboxylic acids is 1. The summed E-state index contributed by atoms with van der Waals surface area (Å²) in [7, 11) is -3.69. The predicted octanol–water partition coefficient (Wildman–Crippen LogP) is 2.72. The van der Waals surface area contributed by atoms with Crippen LogP contribution in [0.15, 0.2) is 40.3 Å². The number of nitrogens with one attached hydrogen (secondary N) is 2. The van der Waals surface area contributed by atoms with Crippen LogP contribution in [-0.4, -0.2) is 50.4 Å². The number of amidine groups is 1. The van der Waals surface area contributed by atoms with Crippen molar-refractivity contribution < 1.29 is 13.2 Å². The van der Waals surface area contributed by atoms with E-state index in [1.165, 1.54) is 0 Å². The second kappa shape index (κ2) is 8.34. The number of sulfonamides is 1. The number of piperidine rings is 1. The van der Waals surface area contributed by atoms with Crippen LogP contribution < -0.4 is 10.6 Å². The number of benzene rings is 1. The topological polar surface area (TPSA) is 90.9 Å². The van der Waals surface area contributed by atoms with Gasteiger partial charge in [-0.15, -0.1) is 4.40 Å². The average Bonchev–Trinajstić information content (AvgIpc) is 2.91. The Morgan fingerprint density at radius 3 is 2.50 bits per heavy atom. The summed E-state index contributed by atoms with van der Waals surface area (Å²) in [6, 6.07) is 9.17. The minimum absolute atomic E-state index is 0.0804. The normalized spacial score (nSPS) is 20.7. The van der Waals surface area contributed by atoms with E-state index < -0.39 is 10.0 Å². The first-order valence-electron chi connectivity index (χ1n) is 9.75. The smallest absolute Gasteiger partial charge is 0.315 e. The van der Waals surface area contributed by atoms with E-state index in [1.54, 1.807) is 12.1 Å². The fourth-order valence-corrected chi connectivity index (χ4v) is 5.04. The van der Waals surface area contributed by atoms with Crippen LogP contribution in [0.25, 0.3) is 4.91 Å². The monoisotopic (exact) mass is 404 g/mol. The molecule has 1 fully saturated rings. The Morgan fingerprint density at radius 2 is 1.89 bits per heavy atom. The number of nitrogens with zero attached hydrogens (tertiary/aromatic N) is 2. The van der Waals surface area contributed by atoms with E-state index in [-0.39, 0.29) is 23.0 Å². The van der Waals surface area contributed by atoms with E-state index in [1.807, 2.05) is 43.9 Å². The van der Waals surface area contributed by atoms with Crippen LogP contribution in [0.2, 0.25) is 0 Å². The van der Waals surface area contributed by atoms with Crippen LogP contribution >= 0.6 is 0 Å². The highest BCUT2D eigenvalue weighted by atomic mass is 32.2.